The van der Waals surface area contributed by atoms with Crippen molar-refractivity contribution in [2.45, 2.75) is 0 Å². The number of hydrogen-bond donors (Lipinski definition) is 0. The molecule has 0 amide bonds. The van der Waals surface area contributed by atoms with Gasteiger partial charge < -0.3 is 4.74 Å². The first-order chi connectivity index (χ1) is 8.29. The standard InChI is InChI=1S/C14H10ClNO/c1-2-6-11-7-5-10-14(16-11)17-13-9-4-3-8-12(13)15/h3-10H,1H2. The lowest BCUT2D eigenvalue weighted by atomic mass is 10.3. The summed E-state index contributed by atoms with van der Waals surface area (Å²) >= 11 is 5.99. The van der Waals surface area contributed by atoms with Gasteiger partial charge in [0, 0.05) is 12.1 Å². The third-order valence-corrected chi connectivity index (χ3v) is 2.36. The third kappa shape index (κ3) is 2.97. The van der Waals surface area contributed by atoms with E-state index in [1.165, 1.54) is 0 Å². The number of pyridine rings is 1. The number of hydrogen-bond acceptors (Lipinski definition) is 2. The molecule has 1 heterocycles. The van der Waals surface area contributed by atoms with Crippen LogP contribution in [0.25, 0.3) is 6.08 Å². The molecule has 0 atom stereocenters. The van der Waals surface area contributed by atoms with E-state index in [4.69, 9.17) is 16.3 Å². The molecule has 2 aromatic rings. The Balaban J connectivity index is 2.27. The summed E-state index contributed by atoms with van der Waals surface area (Å²) in [6.45, 7) is 3.50. The van der Waals surface area contributed by atoms with Crippen LogP contribution in [-0.2, 0) is 0 Å². The minimum absolute atomic E-state index is 0.488. The van der Waals surface area contributed by atoms with Gasteiger partial charge in [-0.2, -0.15) is 0 Å². The zero-order chi connectivity index (χ0) is 12.1. The van der Waals surface area contributed by atoms with Gasteiger partial charge in [0.2, 0.25) is 5.88 Å². The van der Waals surface area contributed by atoms with E-state index in [-0.39, 0.29) is 0 Å². The Morgan fingerprint density at radius 3 is 2.76 bits per heavy atom. The van der Waals surface area contributed by atoms with Crippen molar-refractivity contribution in [3.8, 4) is 11.6 Å². The number of halogens is 1. The fourth-order valence-electron chi connectivity index (χ4n) is 1.31. The van der Waals surface area contributed by atoms with Crippen molar-refractivity contribution in [1.29, 1.82) is 0 Å². The molecule has 2 rings (SSSR count). The van der Waals surface area contributed by atoms with Crippen molar-refractivity contribution < 1.29 is 4.74 Å². The van der Waals surface area contributed by atoms with E-state index in [1.54, 1.807) is 24.3 Å². The first-order valence-corrected chi connectivity index (χ1v) is 5.42. The Bertz CT molecular complexity index is 574. The molecule has 0 radical (unpaired) electrons. The highest BCUT2D eigenvalue weighted by Gasteiger charge is 2.02. The molecule has 0 aliphatic rings. The monoisotopic (exact) mass is 243 g/mol. The predicted molar refractivity (Wildman–Crippen MR) is 69.4 cm³/mol. The van der Waals surface area contributed by atoms with Gasteiger partial charge in [-0.05, 0) is 18.2 Å². The van der Waals surface area contributed by atoms with E-state index in [0.29, 0.717) is 16.7 Å². The topological polar surface area (TPSA) is 22.1 Å². The van der Waals surface area contributed by atoms with Crippen LogP contribution in [0.2, 0.25) is 5.02 Å². The highest BCUT2D eigenvalue weighted by Crippen LogP contribution is 2.27. The SMILES string of the molecule is C=C=Cc1cccc(Oc2ccccc2Cl)n1. The second kappa shape index (κ2) is 5.35. The van der Waals surface area contributed by atoms with E-state index in [9.17, 15) is 0 Å². The van der Waals surface area contributed by atoms with Gasteiger partial charge in [0.15, 0.2) is 0 Å². The minimum atomic E-state index is 0.488. The van der Waals surface area contributed by atoms with Crippen molar-refractivity contribution >= 4 is 17.7 Å². The lowest BCUT2D eigenvalue weighted by Crippen LogP contribution is -1.89. The summed E-state index contributed by atoms with van der Waals surface area (Å²) in [5.41, 5.74) is 3.41. The van der Waals surface area contributed by atoms with Gasteiger partial charge in [-0.1, -0.05) is 36.4 Å². The number of para-hydroxylation sites is 1. The Labute approximate surface area is 105 Å². The molecule has 84 valence electrons. The molecule has 1 aromatic carbocycles. The third-order valence-electron chi connectivity index (χ3n) is 2.05. The average Bonchev–Trinajstić information content (AvgIpc) is 2.33. The summed E-state index contributed by atoms with van der Waals surface area (Å²) in [4.78, 5) is 4.26. The lowest BCUT2D eigenvalue weighted by Gasteiger charge is -2.06. The number of aromatic nitrogens is 1. The molecule has 0 N–H and O–H groups in total. The maximum absolute atomic E-state index is 5.99. The molecule has 0 unspecified atom stereocenters. The average molecular weight is 244 g/mol. The maximum atomic E-state index is 5.99. The molecule has 1 aromatic heterocycles. The van der Waals surface area contributed by atoms with Gasteiger partial charge in [0.05, 0.1) is 10.7 Å². The number of ether oxygens (including phenoxy) is 1. The summed E-state index contributed by atoms with van der Waals surface area (Å²) in [6.07, 6.45) is 1.68. The second-order valence-corrected chi connectivity index (χ2v) is 3.69. The van der Waals surface area contributed by atoms with Gasteiger partial charge in [-0.3, -0.25) is 0 Å². The van der Waals surface area contributed by atoms with Crippen molar-refractivity contribution in [3.05, 3.63) is 65.5 Å². The van der Waals surface area contributed by atoms with E-state index < -0.39 is 0 Å². The second-order valence-electron chi connectivity index (χ2n) is 3.28. The largest absolute Gasteiger partial charge is 0.437 e. The van der Waals surface area contributed by atoms with Crippen LogP contribution in [0.3, 0.4) is 0 Å². The molecule has 0 fully saturated rings. The molecule has 17 heavy (non-hydrogen) atoms. The molecule has 2 nitrogen and oxygen atoms in total. The summed E-state index contributed by atoms with van der Waals surface area (Å²) in [6, 6.07) is 12.7. The van der Waals surface area contributed by atoms with Crippen molar-refractivity contribution in [2.24, 2.45) is 0 Å². The fourth-order valence-corrected chi connectivity index (χ4v) is 1.49. The maximum Gasteiger partial charge on any atom is 0.219 e. The van der Waals surface area contributed by atoms with E-state index in [1.807, 2.05) is 24.3 Å². The minimum Gasteiger partial charge on any atom is -0.437 e. The van der Waals surface area contributed by atoms with Gasteiger partial charge >= 0.3 is 0 Å². The van der Waals surface area contributed by atoms with Crippen molar-refractivity contribution in [2.75, 3.05) is 0 Å². The van der Waals surface area contributed by atoms with Crippen LogP contribution in [0, 0.1) is 0 Å². The van der Waals surface area contributed by atoms with Crippen LogP contribution < -0.4 is 4.74 Å². The van der Waals surface area contributed by atoms with Gasteiger partial charge in [-0.25, -0.2) is 4.98 Å². The fraction of sp³-hybridized carbons (Fsp3) is 0. The molecule has 0 bridgehead atoms. The highest BCUT2D eigenvalue weighted by molar-refractivity contribution is 6.32. The van der Waals surface area contributed by atoms with Crippen LogP contribution in [0.4, 0.5) is 0 Å². The van der Waals surface area contributed by atoms with Gasteiger partial charge in [0.1, 0.15) is 5.75 Å². The molecule has 0 saturated heterocycles. The first-order valence-electron chi connectivity index (χ1n) is 5.05. The van der Waals surface area contributed by atoms with Crippen LogP contribution in [0.1, 0.15) is 5.69 Å². The predicted octanol–water partition coefficient (Wildman–Crippen LogP) is 4.33. The van der Waals surface area contributed by atoms with E-state index >= 15 is 0 Å². The Morgan fingerprint density at radius 2 is 2.00 bits per heavy atom. The smallest absolute Gasteiger partial charge is 0.219 e. The lowest BCUT2D eigenvalue weighted by molar-refractivity contribution is 0.463. The zero-order valence-electron chi connectivity index (χ0n) is 9.06. The normalized spacial score (nSPS) is 9.47. The highest BCUT2D eigenvalue weighted by atomic mass is 35.5. The quantitative estimate of drug-likeness (QED) is 0.749. The van der Waals surface area contributed by atoms with E-state index in [0.717, 1.165) is 5.69 Å². The molecular formula is C14H10ClNO. The Kier molecular flexibility index (Phi) is 3.61. The number of benzene rings is 1. The molecule has 0 aliphatic heterocycles. The summed E-state index contributed by atoms with van der Waals surface area (Å²) in [5.74, 6) is 1.07. The summed E-state index contributed by atoms with van der Waals surface area (Å²) in [7, 11) is 0. The van der Waals surface area contributed by atoms with Crippen molar-refractivity contribution in [1.82, 2.24) is 4.98 Å². The van der Waals surface area contributed by atoms with Gasteiger partial charge in [-0.15, -0.1) is 5.73 Å². The molecule has 0 saturated carbocycles. The summed E-state index contributed by atoms with van der Waals surface area (Å²) < 4.78 is 5.58. The first kappa shape index (κ1) is 11.5. The number of nitrogens with zero attached hydrogens (tertiary/aromatic N) is 1. The molecule has 0 spiro atoms. The van der Waals surface area contributed by atoms with Crippen molar-refractivity contribution in [3.63, 3.8) is 0 Å². The van der Waals surface area contributed by atoms with Crippen LogP contribution >= 0.6 is 11.6 Å². The Hall–Kier alpha value is -2.02. The van der Waals surface area contributed by atoms with Gasteiger partial charge in [0.25, 0.3) is 0 Å². The van der Waals surface area contributed by atoms with Crippen LogP contribution in [0.5, 0.6) is 11.6 Å². The number of rotatable bonds is 3. The summed E-state index contributed by atoms with van der Waals surface area (Å²) in [5, 5.41) is 0.555. The van der Waals surface area contributed by atoms with E-state index in [2.05, 4.69) is 17.3 Å². The van der Waals surface area contributed by atoms with Crippen LogP contribution in [-0.4, -0.2) is 4.98 Å². The molecule has 3 heteroatoms. The Morgan fingerprint density at radius 1 is 1.18 bits per heavy atom. The molecular weight excluding hydrogens is 234 g/mol. The zero-order valence-corrected chi connectivity index (χ0v) is 9.82. The molecule has 0 aliphatic carbocycles. The van der Waals surface area contributed by atoms with Crippen LogP contribution in [0.15, 0.2) is 54.8 Å².